The van der Waals surface area contributed by atoms with Crippen LogP contribution in [0.1, 0.15) is 94.3 Å². The van der Waals surface area contributed by atoms with Crippen LogP contribution >= 0.6 is 0 Å². The van der Waals surface area contributed by atoms with Crippen molar-refractivity contribution in [3.63, 3.8) is 0 Å². The molecular weight excluding hydrogens is 879 g/mol. The van der Waals surface area contributed by atoms with E-state index >= 15 is 0 Å². The highest BCUT2D eigenvalue weighted by Gasteiger charge is 2.49. The van der Waals surface area contributed by atoms with Gasteiger partial charge in [0.05, 0.1) is 22.2 Å². The fourth-order valence-corrected chi connectivity index (χ4v) is 13.6. The molecule has 0 saturated carbocycles. The first-order valence-corrected chi connectivity index (χ1v) is 25.9. The largest absolute Gasteiger partial charge is 0.303 e. The molecule has 0 aliphatic heterocycles. The maximum Gasteiger partial charge on any atom is 0.0973 e. The average molecular weight is 932 g/mol. The summed E-state index contributed by atoms with van der Waals surface area (Å²) in [7, 11) is 0. The van der Waals surface area contributed by atoms with Crippen LogP contribution < -0.4 is 4.90 Å². The highest BCUT2D eigenvalue weighted by atomic mass is 15.2. The minimum Gasteiger partial charge on any atom is -0.303 e. The van der Waals surface area contributed by atoms with Crippen LogP contribution in [0, 0.1) is 11.8 Å². The van der Waals surface area contributed by atoms with E-state index in [0.29, 0.717) is 6.42 Å². The zero-order valence-corrected chi connectivity index (χ0v) is 41.2. The Hall–Kier alpha value is -8.70. The van der Waals surface area contributed by atoms with E-state index in [9.17, 15) is 0 Å². The first kappa shape index (κ1) is 43.1. The van der Waals surface area contributed by atoms with Crippen LogP contribution in [0.5, 0.6) is 0 Å². The Morgan fingerprint density at radius 2 is 0.959 bits per heavy atom. The highest BCUT2D eigenvalue weighted by molar-refractivity contribution is 5.96. The minimum absolute atomic E-state index is 0.218. The van der Waals surface area contributed by atoms with Crippen LogP contribution in [0.15, 0.2) is 260 Å². The maximum atomic E-state index is 3.95. The molecular formula is C72H53N. The van der Waals surface area contributed by atoms with Crippen LogP contribution in [-0.4, -0.2) is 0 Å². The molecule has 0 N–H and O–H groups in total. The zero-order chi connectivity index (χ0) is 48.7. The van der Waals surface area contributed by atoms with E-state index in [2.05, 4.69) is 279 Å². The molecule has 0 spiro atoms. The van der Waals surface area contributed by atoms with Gasteiger partial charge in [-0.1, -0.05) is 238 Å². The van der Waals surface area contributed by atoms with E-state index in [1.165, 1.54) is 100 Å². The molecule has 0 saturated heterocycles. The minimum atomic E-state index is -0.602. The molecule has 5 aliphatic rings. The first-order valence-electron chi connectivity index (χ1n) is 25.9. The molecule has 346 valence electrons. The monoisotopic (exact) mass is 931 g/mol. The number of rotatable bonds is 8. The highest BCUT2D eigenvalue weighted by Crippen LogP contribution is 2.60. The SMILES string of the molecule is CC1(C)c2ccccc2-c2ccc(N(C3=CC4=C(CC#C3)c3ccccc3C4(c3ccccc3)c3ccccc3)c3cc4c(cc3C3=CC=CCC3)-c3ccccc3C4(c3ccccc3)c3ccccc3)cc21. The molecule has 0 amide bonds. The number of benzene rings is 9. The van der Waals surface area contributed by atoms with Crippen molar-refractivity contribution in [1.82, 2.24) is 0 Å². The average Bonchev–Trinajstić information content (AvgIpc) is 3.91. The number of fused-ring (bicyclic) bond motifs is 8. The quantitative estimate of drug-likeness (QED) is 0.137. The summed E-state index contributed by atoms with van der Waals surface area (Å²) in [4.78, 5) is 2.56. The Morgan fingerprint density at radius 1 is 0.438 bits per heavy atom. The van der Waals surface area contributed by atoms with E-state index in [4.69, 9.17) is 0 Å². The number of anilines is 2. The van der Waals surface area contributed by atoms with Gasteiger partial charge >= 0.3 is 0 Å². The van der Waals surface area contributed by atoms with Gasteiger partial charge in [-0.15, -0.1) is 0 Å². The van der Waals surface area contributed by atoms with Crippen LogP contribution in [0.25, 0.3) is 33.4 Å². The Morgan fingerprint density at radius 3 is 1.56 bits per heavy atom. The van der Waals surface area contributed by atoms with Crippen LogP contribution in [0.3, 0.4) is 0 Å². The van der Waals surface area contributed by atoms with Crippen molar-refractivity contribution in [1.29, 1.82) is 0 Å². The van der Waals surface area contributed by atoms with Crippen molar-refractivity contribution in [3.05, 3.63) is 321 Å². The molecule has 0 heterocycles. The molecule has 0 bridgehead atoms. The second-order valence-corrected chi connectivity index (χ2v) is 20.8. The summed E-state index contributed by atoms with van der Waals surface area (Å²) in [6, 6.07) is 84.3. The van der Waals surface area contributed by atoms with Gasteiger partial charge in [0.2, 0.25) is 0 Å². The Labute approximate surface area is 429 Å². The van der Waals surface area contributed by atoms with Crippen LogP contribution in [0.4, 0.5) is 11.4 Å². The molecule has 0 aromatic heterocycles. The summed E-state index contributed by atoms with van der Waals surface area (Å²) in [5.41, 5.74) is 24.8. The summed E-state index contributed by atoms with van der Waals surface area (Å²) in [6.07, 6.45) is 12.0. The fraction of sp³-hybridized carbons (Fsp3) is 0.111. The summed E-state index contributed by atoms with van der Waals surface area (Å²) < 4.78 is 0. The second kappa shape index (κ2) is 16.7. The zero-order valence-electron chi connectivity index (χ0n) is 41.2. The third-order valence-corrected chi connectivity index (χ3v) is 16.8. The van der Waals surface area contributed by atoms with Crippen molar-refractivity contribution in [2.45, 2.75) is 49.4 Å². The Balaban J connectivity index is 1.11. The van der Waals surface area contributed by atoms with Gasteiger partial charge < -0.3 is 4.90 Å². The molecule has 0 atom stereocenters. The van der Waals surface area contributed by atoms with E-state index in [1.807, 2.05) is 0 Å². The molecule has 73 heavy (non-hydrogen) atoms. The Bertz CT molecular complexity index is 3810. The summed E-state index contributed by atoms with van der Waals surface area (Å²) in [6.45, 7) is 4.78. The lowest BCUT2D eigenvalue weighted by molar-refractivity contribution is 0.660. The van der Waals surface area contributed by atoms with Crippen LogP contribution in [0.2, 0.25) is 0 Å². The lowest BCUT2D eigenvalue weighted by atomic mass is 9.66. The molecule has 0 radical (unpaired) electrons. The van der Waals surface area contributed by atoms with Gasteiger partial charge in [0.15, 0.2) is 0 Å². The summed E-state index contributed by atoms with van der Waals surface area (Å²) in [5, 5.41) is 0. The standard InChI is InChI=1S/C72H53N/c1-70(2)63-40-21-18-36-56(63)60-44-43-55(45-66(60)70)73(54-35-24-39-58-57-37-19-22-41-64(57)71(67(58)46-54,50-27-10-4-11-28-50)51-29-12-5-13-30-51)69-48-68-62(47-61(69)49-25-8-3-9-26-49)59-38-20-23-42-65(59)72(68,52-31-14-6-15-32-52)53-33-16-7-17-34-53/h3-8,10-23,25,27-34,36-38,40-48H,9,26,39H2,1-2H3. The molecule has 9 aromatic carbocycles. The van der Waals surface area contributed by atoms with Gasteiger partial charge in [-0.05, 0) is 144 Å². The topological polar surface area (TPSA) is 3.24 Å². The van der Waals surface area contributed by atoms with Gasteiger partial charge in [0.1, 0.15) is 0 Å². The number of hydrogen-bond donors (Lipinski definition) is 0. The molecule has 0 unspecified atom stereocenters. The van der Waals surface area contributed by atoms with E-state index in [1.54, 1.807) is 0 Å². The van der Waals surface area contributed by atoms with Crippen molar-refractivity contribution in [2.24, 2.45) is 0 Å². The summed E-state index contributed by atoms with van der Waals surface area (Å²) >= 11 is 0. The normalized spacial score (nSPS) is 16.6. The first-order chi connectivity index (χ1) is 36.0. The van der Waals surface area contributed by atoms with Crippen molar-refractivity contribution in [3.8, 4) is 34.1 Å². The van der Waals surface area contributed by atoms with Gasteiger partial charge in [0.25, 0.3) is 0 Å². The smallest absolute Gasteiger partial charge is 0.0973 e. The van der Waals surface area contributed by atoms with Gasteiger partial charge in [-0.25, -0.2) is 0 Å². The molecule has 1 nitrogen and oxygen atoms in total. The van der Waals surface area contributed by atoms with Gasteiger partial charge in [-0.3, -0.25) is 0 Å². The molecule has 5 aliphatic carbocycles. The molecule has 0 fully saturated rings. The fourth-order valence-electron chi connectivity index (χ4n) is 13.6. The van der Waals surface area contributed by atoms with Gasteiger partial charge in [0, 0.05) is 23.1 Å². The van der Waals surface area contributed by atoms with E-state index in [-0.39, 0.29) is 5.41 Å². The Kier molecular flexibility index (Phi) is 9.86. The van der Waals surface area contributed by atoms with Gasteiger partial charge in [-0.2, -0.15) is 0 Å². The van der Waals surface area contributed by atoms with Crippen molar-refractivity contribution >= 4 is 22.5 Å². The molecule has 1 heteroatoms. The lowest BCUT2D eigenvalue weighted by Gasteiger charge is -2.37. The number of nitrogens with zero attached hydrogens (tertiary/aromatic N) is 1. The van der Waals surface area contributed by atoms with Crippen molar-refractivity contribution in [2.75, 3.05) is 4.90 Å². The molecule has 9 aromatic rings. The van der Waals surface area contributed by atoms with Crippen molar-refractivity contribution < 1.29 is 0 Å². The van der Waals surface area contributed by atoms with E-state index in [0.717, 1.165) is 29.9 Å². The number of allylic oxidation sites excluding steroid dienone is 8. The van der Waals surface area contributed by atoms with E-state index < -0.39 is 10.8 Å². The predicted molar refractivity (Wildman–Crippen MR) is 303 cm³/mol. The van der Waals surface area contributed by atoms with Crippen LogP contribution in [-0.2, 0) is 16.2 Å². The maximum absolute atomic E-state index is 3.95. The third-order valence-electron chi connectivity index (χ3n) is 16.8. The number of hydrogen-bond acceptors (Lipinski definition) is 1. The predicted octanol–water partition coefficient (Wildman–Crippen LogP) is 17.3. The lowest BCUT2D eigenvalue weighted by Crippen LogP contribution is -2.30. The molecule has 14 rings (SSSR count). The summed E-state index contributed by atoms with van der Waals surface area (Å²) in [5.74, 6) is 7.79. The third kappa shape index (κ3) is 6.24. The second-order valence-electron chi connectivity index (χ2n) is 20.8.